The Morgan fingerprint density at radius 3 is 2.87 bits per heavy atom. The van der Waals surface area contributed by atoms with Crippen LogP contribution in [0.2, 0.25) is 0 Å². The second-order valence-corrected chi connectivity index (χ2v) is 7.16. The average Bonchev–Trinajstić information content (AvgIpc) is 3.53. The van der Waals surface area contributed by atoms with E-state index in [1.54, 1.807) is 18.2 Å². The number of carbonyl (C=O) groups excluding carboxylic acids is 2. The Bertz CT molecular complexity index is 924. The molecule has 2 aliphatic rings. The third-order valence-electron chi connectivity index (χ3n) is 4.89. The molecule has 1 saturated heterocycles. The molecule has 5 N–H and O–H groups in total. The van der Waals surface area contributed by atoms with Crippen molar-refractivity contribution in [1.82, 2.24) is 5.32 Å². The quantitative estimate of drug-likeness (QED) is 0.203. The molecule has 2 heterocycles. The molecule has 2 aliphatic heterocycles. The van der Waals surface area contributed by atoms with Gasteiger partial charge in [-0.25, -0.2) is 4.79 Å². The van der Waals surface area contributed by atoms with Crippen LogP contribution >= 0.6 is 0 Å². The third kappa shape index (κ3) is 5.88. The Hall–Kier alpha value is -3.27. The van der Waals surface area contributed by atoms with Crippen molar-refractivity contribution in [1.29, 1.82) is 5.41 Å². The number of esters is 1. The third-order valence-corrected chi connectivity index (χ3v) is 4.89. The Labute approximate surface area is 178 Å². The number of rotatable bonds is 5. The molecule has 5 unspecified atom stereocenters. The van der Waals surface area contributed by atoms with Crippen molar-refractivity contribution in [3.63, 3.8) is 0 Å². The number of aromatic hydroxyl groups is 1. The van der Waals surface area contributed by atoms with Crippen molar-refractivity contribution >= 4 is 24.2 Å². The Kier molecular flexibility index (Phi) is 7.35. The molecule has 0 saturated carbocycles. The number of hydrogen-bond acceptors (Lipinski definition) is 8. The SMILES string of the molecule is N=C/C=C/C(=O)N/C=C/CC1CC(O)C2OC2C(O)/C=C/c2cccc(O)c2C(=O)O1. The molecule has 164 valence electrons. The number of cyclic esters (lactones) is 1. The number of carbonyl (C=O) groups is 2. The summed E-state index contributed by atoms with van der Waals surface area (Å²) in [6, 6.07) is 4.54. The topological polar surface area (TPSA) is 152 Å². The molecule has 1 fully saturated rings. The summed E-state index contributed by atoms with van der Waals surface area (Å²) < 4.78 is 10.9. The Morgan fingerprint density at radius 1 is 1.29 bits per heavy atom. The molecule has 0 aliphatic carbocycles. The van der Waals surface area contributed by atoms with Gasteiger partial charge in [-0.3, -0.25) is 4.79 Å². The van der Waals surface area contributed by atoms with Crippen LogP contribution in [0, 0.1) is 5.41 Å². The molecule has 0 radical (unpaired) electrons. The molecule has 1 amide bonds. The van der Waals surface area contributed by atoms with Crippen molar-refractivity contribution in [3.8, 4) is 5.75 Å². The summed E-state index contributed by atoms with van der Waals surface area (Å²) in [5, 5.41) is 40.2. The minimum Gasteiger partial charge on any atom is -0.507 e. The Balaban J connectivity index is 1.78. The van der Waals surface area contributed by atoms with E-state index in [9.17, 15) is 24.9 Å². The van der Waals surface area contributed by atoms with Gasteiger partial charge in [0.05, 0.1) is 6.10 Å². The first-order valence-corrected chi connectivity index (χ1v) is 9.76. The smallest absolute Gasteiger partial charge is 0.342 e. The van der Waals surface area contributed by atoms with Crippen molar-refractivity contribution in [3.05, 3.63) is 59.8 Å². The first-order valence-electron chi connectivity index (χ1n) is 9.76. The summed E-state index contributed by atoms with van der Waals surface area (Å²) in [5.41, 5.74) is 0.329. The number of fused-ring (bicyclic) bond motifs is 2. The minimum atomic E-state index is -0.979. The standard InChI is InChI=1S/C22H24N2O7/c23-10-2-7-18(28)24-11-3-5-14-12-17(27)21-20(31-21)16(26)9-8-13-4-1-6-15(25)19(13)22(29)30-14/h1-4,6-11,14,16-17,20-21,23,25-27H,5,12H2,(H,24,28)/b7-2+,9-8+,11-3+,23-10?. The van der Waals surface area contributed by atoms with E-state index in [2.05, 4.69) is 5.32 Å². The fraction of sp³-hybridized carbons (Fsp3) is 0.318. The van der Waals surface area contributed by atoms with Crippen LogP contribution in [0.3, 0.4) is 0 Å². The second kappa shape index (κ2) is 10.2. The van der Waals surface area contributed by atoms with Crippen LogP contribution in [0.15, 0.2) is 48.7 Å². The molecule has 1 aromatic rings. The van der Waals surface area contributed by atoms with Crippen molar-refractivity contribution < 1.29 is 34.4 Å². The van der Waals surface area contributed by atoms with Gasteiger partial charge in [0.2, 0.25) is 5.91 Å². The van der Waals surface area contributed by atoms with Crippen LogP contribution in [0.4, 0.5) is 0 Å². The summed E-state index contributed by atoms with van der Waals surface area (Å²) >= 11 is 0. The van der Waals surface area contributed by atoms with E-state index in [1.165, 1.54) is 36.6 Å². The second-order valence-electron chi connectivity index (χ2n) is 7.16. The highest BCUT2D eigenvalue weighted by Gasteiger charge is 2.48. The molecule has 0 aromatic heterocycles. The zero-order chi connectivity index (χ0) is 22.4. The number of nitrogens with one attached hydrogen (secondary N) is 2. The summed E-state index contributed by atoms with van der Waals surface area (Å²) in [6.07, 6.45) is 5.65. The lowest BCUT2D eigenvalue weighted by Gasteiger charge is -2.20. The van der Waals surface area contributed by atoms with Gasteiger partial charge in [0, 0.05) is 31.3 Å². The molecule has 0 bridgehead atoms. The number of aliphatic hydroxyl groups is 2. The van der Waals surface area contributed by atoms with Gasteiger partial charge >= 0.3 is 5.97 Å². The number of phenols is 1. The number of amides is 1. The highest BCUT2D eigenvalue weighted by Crippen LogP contribution is 2.33. The molecular formula is C22H24N2O7. The van der Waals surface area contributed by atoms with Crippen LogP contribution in [0.25, 0.3) is 6.08 Å². The number of hydrogen-bond donors (Lipinski definition) is 5. The van der Waals surface area contributed by atoms with Crippen molar-refractivity contribution in [2.24, 2.45) is 0 Å². The van der Waals surface area contributed by atoms with Crippen LogP contribution in [0.5, 0.6) is 5.75 Å². The van der Waals surface area contributed by atoms with E-state index in [1.807, 2.05) is 0 Å². The van der Waals surface area contributed by atoms with E-state index in [4.69, 9.17) is 14.9 Å². The molecular weight excluding hydrogens is 404 g/mol. The van der Waals surface area contributed by atoms with Gasteiger partial charge in [-0.1, -0.05) is 30.4 Å². The molecule has 1 aromatic carbocycles. The van der Waals surface area contributed by atoms with E-state index in [-0.39, 0.29) is 24.2 Å². The Morgan fingerprint density at radius 2 is 2.10 bits per heavy atom. The molecule has 5 atom stereocenters. The number of allylic oxidation sites excluding steroid dienone is 1. The van der Waals surface area contributed by atoms with E-state index < -0.39 is 42.4 Å². The maximum Gasteiger partial charge on any atom is 0.342 e. The molecule has 0 spiro atoms. The van der Waals surface area contributed by atoms with Gasteiger partial charge in [-0.15, -0.1) is 0 Å². The van der Waals surface area contributed by atoms with Gasteiger partial charge in [0.15, 0.2) is 0 Å². The maximum absolute atomic E-state index is 12.8. The van der Waals surface area contributed by atoms with Gasteiger partial charge in [-0.2, -0.15) is 0 Å². The number of phenolic OH excluding ortho intramolecular Hbond substituents is 1. The fourth-order valence-electron chi connectivity index (χ4n) is 3.30. The highest BCUT2D eigenvalue weighted by atomic mass is 16.6. The molecule has 9 heteroatoms. The maximum atomic E-state index is 12.8. The van der Waals surface area contributed by atoms with Crippen LogP contribution in [-0.2, 0) is 14.3 Å². The van der Waals surface area contributed by atoms with Gasteiger partial charge in [0.1, 0.15) is 35.7 Å². The summed E-state index contributed by atoms with van der Waals surface area (Å²) in [7, 11) is 0. The molecule has 3 rings (SSSR count). The largest absolute Gasteiger partial charge is 0.507 e. The predicted octanol–water partition coefficient (Wildman–Crippen LogP) is 1.05. The monoisotopic (exact) mass is 428 g/mol. The first kappa shape index (κ1) is 22.4. The number of ether oxygens (including phenoxy) is 2. The number of epoxide rings is 1. The van der Waals surface area contributed by atoms with Crippen LogP contribution in [-0.4, -0.2) is 63.9 Å². The number of aliphatic hydroxyl groups excluding tert-OH is 2. The zero-order valence-electron chi connectivity index (χ0n) is 16.5. The summed E-state index contributed by atoms with van der Waals surface area (Å²) in [4.78, 5) is 24.3. The minimum absolute atomic E-state index is 0.0399. The van der Waals surface area contributed by atoms with Gasteiger partial charge in [-0.05, 0) is 17.7 Å². The van der Waals surface area contributed by atoms with Gasteiger partial charge in [0.25, 0.3) is 0 Å². The number of benzene rings is 1. The average molecular weight is 428 g/mol. The lowest BCUT2D eigenvalue weighted by atomic mass is 10.00. The van der Waals surface area contributed by atoms with Crippen molar-refractivity contribution in [2.75, 3.05) is 0 Å². The summed E-state index contributed by atoms with van der Waals surface area (Å²) in [5.74, 6) is -1.46. The highest BCUT2D eigenvalue weighted by molar-refractivity contribution is 5.96. The van der Waals surface area contributed by atoms with E-state index >= 15 is 0 Å². The van der Waals surface area contributed by atoms with E-state index in [0.29, 0.717) is 5.56 Å². The van der Waals surface area contributed by atoms with E-state index in [0.717, 1.165) is 6.21 Å². The van der Waals surface area contributed by atoms with Crippen molar-refractivity contribution in [2.45, 2.75) is 43.4 Å². The lowest BCUT2D eigenvalue weighted by molar-refractivity contribution is -0.115. The molecule has 31 heavy (non-hydrogen) atoms. The molecule has 9 nitrogen and oxygen atoms in total. The fourth-order valence-corrected chi connectivity index (χ4v) is 3.30. The van der Waals surface area contributed by atoms with Gasteiger partial charge < -0.3 is 35.5 Å². The predicted molar refractivity (Wildman–Crippen MR) is 111 cm³/mol. The summed E-state index contributed by atoms with van der Waals surface area (Å²) in [6.45, 7) is 0. The first-order chi connectivity index (χ1) is 14.9. The normalized spacial score (nSPS) is 29.2. The zero-order valence-corrected chi connectivity index (χ0v) is 16.5. The lowest BCUT2D eigenvalue weighted by Crippen LogP contribution is -2.30. The van der Waals surface area contributed by atoms with Crippen LogP contribution in [0.1, 0.15) is 28.8 Å². The van der Waals surface area contributed by atoms with Crippen LogP contribution < -0.4 is 5.32 Å².